The molecule has 0 bridgehead atoms. The Labute approximate surface area is 149 Å². The Bertz CT molecular complexity index is 1020. The zero-order chi connectivity index (χ0) is 18.6. The van der Waals surface area contributed by atoms with E-state index in [0.29, 0.717) is 27.7 Å². The van der Waals surface area contributed by atoms with Crippen molar-refractivity contribution in [1.29, 1.82) is 0 Å². The summed E-state index contributed by atoms with van der Waals surface area (Å²) in [4.78, 5) is 37.7. The maximum atomic E-state index is 12.8. The second kappa shape index (κ2) is 5.39. The minimum Gasteiger partial charge on any atom is -0.454 e. The smallest absolute Gasteiger partial charge is 0.374 e. The number of hydrogen-bond acceptors (Lipinski definition) is 5. The number of furan rings is 1. The molecular weight excluding hydrogens is 332 g/mol. The van der Waals surface area contributed by atoms with E-state index in [1.807, 2.05) is 0 Å². The van der Waals surface area contributed by atoms with Gasteiger partial charge in [-0.3, -0.25) is 9.59 Å². The molecule has 130 valence electrons. The minimum atomic E-state index is -0.650. The second-order valence-electron chi connectivity index (χ2n) is 7.25. The van der Waals surface area contributed by atoms with Crippen molar-refractivity contribution in [3.8, 4) is 0 Å². The van der Waals surface area contributed by atoms with E-state index in [2.05, 4.69) is 0 Å². The lowest BCUT2D eigenvalue weighted by Crippen LogP contribution is -2.23. The van der Waals surface area contributed by atoms with Crippen molar-refractivity contribution in [2.75, 3.05) is 0 Å². The summed E-state index contributed by atoms with van der Waals surface area (Å²) < 4.78 is 10.9. The van der Waals surface area contributed by atoms with Crippen LogP contribution in [0.3, 0.4) is 0 Å². The highest BCUT2D eigenvalue weighted by molar-refractivity contribution is 6.29. The normalized spacial score (nSPS) is 13.5. The summed E-state index contributed by atoms with van der Waals surface area (Å²) in [6, 6.07) is 11.4. The molecular formula is C21H16O5. The van der Waals surface area contributed by atoms with Crippen molar-refractivity contribution < 1.29 is 23.5 Å². The predicted molar refractivity (Wildman–Crippen MR) is 94.7 cm³/mol. The van der Waals surface area contributed by atoms with Crippen LogP contribution in [0.25, 0.3) is 11.0 Å². The second-order valence-corrected chi connectivity index (χ2v) is 7.25. The molecule has 0 saturated carbocycles. The molecule has 0 spiro atoms. The number of ketones is 2. The molecule has 1 aliphatic rings. The lowest BCUT2D eigenvalue weighted by molar-refractivity contribution is 0.00380. The Balaban J connectivity index is 1.83. The maximum Gasteiger partial charge on any atom is 0.374 e. The Kier molecular flexibility index (Phi) is 3.37. The summed E-state index contributed by atoms with van der Waals surface area (Å²) in [6.45, 7) is 5.29. The Morgan fingerprint density at radius 2 is 1.46 bits per heavy atom. The molecule has 5 heteroatoms. The molecule has 1 aromatic heterocycles. The number of ether oxygens (including phenoxy) is 1. The molecule has 2 aromatic carbocycles. The molecule has 0 fully saturated rings. The van der Waals surface area contributed by atoms with Gasteiger partial charge in [-0.15, -0.1) is 0 Å². The molecule has 0 unspecified atom stereocenters. The lowest BCUT2D eigenvalue weighted by Gasteiger charge is -2.18. The molecule has 0 radical (unpaired) electrons. The van der Waals surface area contributed by atoms with Gasteiger partial charge in [0.25, 0.3) is 0 Å². The third kappa shape index (κ3) is 2.52. The van der Waals surface area contributed by atoms with Gasteiger partial charge in [-0.2, -0.15) is 0 Å². The van der Waals surface area contributed by atoms with Crippen LogP contribution in [0.1, 0.15) is 63.2 Å². The molecule has 1 aliphatic carbocycles. The van der Waals surface area contributed by atoms with Crippen LogP contribution in [-0.4, -0.2) is 23.1 Å². The zero-order valence-electron chi connectivity index (χ0n) is 14.6. The van der Waals surface area contributed by atoms with Crippen molar-refractivity contribution >= 4 is 28.5 Å². The molecule has 3 aromatic rings. The molecule has 0 N–H and O–H groups in total. The third-order valence-corrected chi connectivity index (χ3v) is 4.16. The number of fused-ring (bicyclic) bond motifs is 3. The minimum absolute atomic E-state index is 0.0367. The summed E-state index contributed by atoms with van der Waals surface area (Å²) in [5.74, 6) is -0.994. The van der Waals surface area contributed by atoms with E-state index in [9.17, 15) is 14.4 Å². The highest BCUT2D eigenvalue weighted by Gasteiger charge is 2.31. The first-order valence-corrected chi connectivity index (χ1v) is 8.24. The fourth-order valence-corrected chi connectivity index (χ4v) is 3.06. The number of rotatable bonds is 1. The van der Waals surface area contributed by atoms with E-state index in [-0.39, 0.29) is 22.9 Å². The fraction of sp³-hybridized carbons (Fsp3) is 0.190. The zero-order valence-corrected chi connectivity index (χ0v) is 14.6. The molecule has 5 nitrogen and oxygen atoms in total. The maximum absolute atomic E-state index is 12.8. The molecule has 0 aliphatic heterocycles. The quantitative estimate of drug-likeness (QED) is 0.483. The first-order chi connectivity index (χ1) is 12.2. The lowest BCUT2D eigenvalue weighted by atomic mass is 9.83. The van der Waals surface area contributed by atoms with Crippen LogP contribution in [0.2, 0.25) is 0 Å². The molecule has 26 heavy (non-hydrogen) atoms. The van der Waals surface area contributed by atoms with Crippen LogP contribution >= 0.6 is 0 Å². The summed E-state index contributed by atoms with van der Waals surface area (Å²) >= 11 is 0. The van der Waals surface area contributed by atoms with Gasteiger partial charge < -0.3 is 9.15 Å². The number of carbonyl (C=O) groups is 3. The van der Waals surface area contributed by atoms with Gasteiger partial charge in [-0.25, -0.2) is 4.79 Å². The van der Waals surface area contributed by atoms with E-state index in [4.69, 9.17) is 9.15 Å². The van der Waals surface area contributed by atoms with Crippen LogP contribution in [0, 0.1) is 0 Å². The topological polar surface area (TPSA) is 73.6 Å². The molecule has 0 atom stereocenters. The van der Waals surface area contributed by atoms with Crippen molar-refractivity contribution in [3.05, 3.63) is 70.5 Å². The van der Waals surface area contributed by atoms with Gasteiger partial charge in [-0.05, 0) is 39.0 Å². The van der Waals surface area contributed by atoms with Crippen molar-refractivity contribution in [2.45, 2.75) is 26.4 Å². The molecule has 4 rings (SSSR count). The number of benzene rings is 2. The van der Waals surface area contributed by atoms with Gasteiger partial charge >= 0.3 is 5.97 Å². The summed E-state index contributed by atoms with van der Waals surface area (Å²) in [7, 11) is 0. The monoisotopic (exact) mass is 348 g/mol. The Hall–Kier alpha value is -3.21. The van der Waals surface area contributed by atoms with E-state index >= 15 is 0 Å². The standard InChI is InChI=1S/C21H16O5/c1-21(2,3)26-20(24)17-9-11-8-14-15(10-16(11)25-17)19(23)13-7-5-4-6-12(13)18(14)22/h4-10H,1-3H3. The van der Waals surface area contributed by atoms with E-state index in [1.54, 1.807) is 51.1 Å². The van der Waals surface area contributed by atoms with Gasteiger partial charge in [0.2, 0.25) is 5.76 Å². The predicted octanol–water partition coefficient (Wildman–Crippen LogP) is 4.16. The summed E-state index contributed by atoms with van der Waals surface area (Å²) in [6.07, 6.45) is 0. The average Bonchev–Trinajstić information content (AvgIpc) is 3.00. The largest absolute Gasteiger partial charge is 0.454 e. The van der Waals surface area contributed by atoms with E-state index in [1.165, 1.54) is 12.1 Å². The van der Waals surface area contributed by atoms with Crippen LogP contribution in [0.5, 0.6) is 0 Å². The van der Waals surface area contributed by atoms with Crippen LogP contribution in [0.15, 0.2) is 46.9 Å². The molecule has 1 heterocycles. The van der Waals surface area contributed by atoms with Crippen molar-refractivity contribution in [1.82, 2.24) is 0 Å². The van der Waals surface area contributed by atoms with Crippen LogP contribution < -0.4 is 0 Å². The Morgan fingerprint density at radius 3 is 2.04 bits per heavy atom. The number of carbonyl (C=O) groups excluding carboxylic acids is 3. The van der Waals surface area contributed by atoms with E-state index < -0.39 is 11.6 Å². The molecule has 0 amide bonds. The van der Waals surface area contributed by atoms with Gasteiger partial charge in [0.05, 0.1) is 0 Å². The van der Waals surface area contributed by atoms with Gasteiger partial charge in [0, 0.05) is 27.6 Å². The number of hydrogen-bond donors (Lipinski definition) is 0. The summed E-state index contributed by atoms with van der Waals surface area (Å²) in [5.41, 5.74) is 1.08. The highest BCUT2D eigenvalue weighted by atomic mass is 16.6. The average molecular weight is 348 g/mol. The van der Waals surface area contributed by atoms with Gasteiger partial charge in [0.1, 0.15) is 11.2 Å². The fourth-order valence-electron chi connectivity index (χ4n) is 3.06. The van der Waals surface area contributed by atoms with Gasteiger partial charge in [0.15, 0.2) is 11.6 Å². The first kappa shape index (κ1) is 16.3. The SMILES string of the molecule is CC(C)(C)OC(=O)c1cc2cc3c(cc2o1)C(=O)c1ccccc1C3=O. The third-order valence-electron chi connectivity index (χ3n) is 4.16. The van der Waals surface area contributed by atoms with Crippen molar-refractivity contribution in [3.63, 3.8) is 0 Å². The number of esters is 1. The summed E-state index contributed by atoms with van der Waals surface area (Å²) in [5, 5.41) is 0.574. The van der Waals surface area contributed by atoms with Crippen LogP contribution in [-0.2, 0) is 4.74 Å². The van der Waals surface area contributed by atoms with Gasteiger partial charge in [-0.1, -0.05) is 24.3 Å². The van der Waals surface area contributed by atoms with Crippen LogP contribution in [0.4, 0.5) is 0 Å². The van der Waals surface area contributed by atoms with E-state index in [0.717, 1.165) is 0 Å². The first-order valence-electron chi connectivity index (χ1n) is 8.24. The molecule has 0 saturated heterocycles. The Morgan fingerprint density at radius 1 is 0.885 bits per heavy atom. The highest BCUT2D eigenvalue weighted by Crippen LogP contribution is 2.32. The van der Waals surface area contributed by atoms with Crippen molar-refractivity contribution in [2.24, 2.45) is 0 Å².